The Kier molecular flexibility index (Phi) is 4.59. The number of morpholine rings is 1. The van der Waals surface area contributed by atoms with Gasteiger partial charge in [-0.05, 0) is 6.92 Å². The number of carbonyl (C=O) groups is 1. The molecule has 1 saturated heterocycles. The number of ether oxygens (including phenoxy) is 1. The summed E-state index contributed by atoms with van der Waals surface area (Å²) in [6, 6.07) is -0.694. The van der Waals surface area contributed by atoms with E-state index in [1.807, 2.05) is 14.0 Å². The fourth-order valence-electron chi connectivity index (χ4n) is 2.88. The van der Waals surface area contributed by atoms with Crippen molar-refractivity contribution < 1.29 is 14.1 Å². The standard InChI is InChI=1S/C16H20N8O3/c1-3-23-9-12(7-18-23)19-16(25)24-4-5-26-10-13(24)14-20-15(27-21-14)11-6-17-22(2)8-11/h6-9,13H,3-5,10H2,1-2H3,(H,19,25). The van der Waals surface area contributed by atoms with Crippen molar-refractivity contribution in [1.29, 1.82) is 0 Å². The predicted molar refractivity (Wildman–Crippen MR) is 93.7 cm³/mol. The zero-order chi connectivity index (χ0) is 18.8. The predicted octanol–water partition coefficient (Wildman–Crippen LogP) is 1.29. The van der Waals surface area contributed by atoms with E-state index in [9.17, 15) is 4.79 Å². The van der Waals surface area contributed by atoms with E-state index in [-0.39, 0.29) is 6.03 Å². The molecule has 3 aromatic heterocycles. The minimum Gasteiger partial charge on any atom is -0.377 e. The second-order valence-corrected chi connectivity index (χ2v) is 6.16. The lowest BCUT2D eigenvalue weighted by Crippen LogP contribution is -2.45. The van der Waals surface area contributed by atoms with Crippen LogP contribution in [0, 0.1) is 0 Å². The smallest absolute Gasteiger partial charge is 0.322 e. The maximum atomic E-state index is 12.8. The molecular formula is C16H20N8O3. The summed E-state index contributed by atoms with van der Waals surface area (Å²) in [5, 5.41) is 15.2. The summed E-state index contributed by atoms with van der Waals surface area (Å²) in [4.78, 5) is 18.8. The zero-order valence-electron chi connectivity index (χ0n) is 15.1. The van der Waals surface area contributed by atoms with Crippen molar-refractivity contribution in [2.45, 2.75) is 19.5 Å². The van der Waals surface area contributed by atoms with Crippen LogP contribution in [0.2, 0.25) is 0 Å². The quantitative estimate of drug-likeness (QED) is 0.733. The Morgan fingerprint density at radius 2 is 2.22 bits per heavy atom. The fourth-order valence-corrected chi connectivity index (χ4v) is 2.88. The summed E-state index contributed by atoms with van der Waals surface area (Å²) < 4.78 is 14.3. The van der Waals surface area contributed by atoms with Crippen LogP contribution in [-0.2, 0) is 18.3 Å². The molecule has 1 aliphatic heterocycles. The molecule has 0 aromatic carbocycles. The largest absolute Gasteiger partial charge is 0.377 e. The molecule has 11 heteroatoms. The molecule has 1 N–H and O–H groups in total. The molecule has 0 saturated carbocycles. The van der Waals surface area contributed by atoms with Gasteiger partial charge in [-0.2, -0.15) is 15.2 Å². The highest BCUT2D eigenvalue weighted by Crippen LogP contribution is 2.25. The van der Waals surface area contributed by atoms with E-state index >= 15 is 0 Å². The number of hydrogen-bond donors (Lipinski definition) is 1. The number of hydrogen-bond acceptors (Lipinski definition) is 7. The van der Waals surface area contributed by atoms with Gasteiger partial charge in [0.25, 0.3) is 5.89 Å². The number of amides is 2. The van der Waals surface area contributed by atoms with Gasteiger partial charge in [0.15, 0.2) is 5.82 Å². The van der Waals surface area contributed by atoms with Crippen LogP contribution < -0.4 is 5.32 Å². The van der Waals surface area contributed by atoms with Gasteiger partial charge in [0.2, 0.25) is 0 Å². The molecule has 4 rings (SSSR count). The molecule has 0 radical (unpaired) electrons. The molecule has 2 amide bonds. The third kappa shape index (κ3) is 3.53. The van der Waals surface area contributed by atoms with E-state index in [1.165, 1.54) is 0 Å². The van der Waals surface area contributed by atoms with E-state index < -0.39 is 6.04 Å². The summed E-state index contributed by atoms with van der Waals surface area (Å²) in [5.41, 5.74) is 1.35. The number of carbonyl (C=O) groups excluding carboxylic acids is 1. The van der Waals surface area contributed by atoms with E-state index in [0.29, 0.717) is 37.2 Å². The Morgan fingerprint density at radius 3 is 2.96 bits per heavy atom. The molecule has 0 aliphatic carbocycles. The molecule has 27 heavy (non-hydrogen) atoms. The van der Waals surface area contributed by atoms with Gasteiger partial charge in [-0.1, -0.05) is 5.16 Å². The van der Waals surface area contributed by atoms with Gasteiger partial charge in [0, 0.05) is 32.5 Å². The van der Waals surface area contributed by atoms with Gasteiger partial charge in [-0.25, -0.2) is 4.79 Å². The molecule has 11 nitrogen and oxygen atoms in total. The Bertz CT molecular complexity index is 930. The van der Waals surface area contributed by atoms with Crippen molar-refractivity contribution in [2.75, 3.05) is 25.1 Å². The lowest BCUT2D eigenvalue weighted by atomic mass is 10.2. The number of nitrogens with one attached hydrogen (secondary N) is 1. The minimum atomic E-state index is -0.436. The van der Waals surface area contributed by atoms with Crippen LogP contribution in [0.5, 0.6) is 0 Å². The lowest BCUT2D eigenvalue weighted by molar-refractivity contribution is 0.0110. The van der Waals surface area contributed by atoms with Gasteiger partial charge in [-0.3, -0.25) is 9.36 Å². The van der Waals surface area contributed by atoms with Crippen molar-refractivity contribution in [2.24, 2.45) is 7.05 Å². The summed E-state index contributed by atoms with van der Waals surface area (Å²) in [6.45, 7) is 3.89. The highest BCUT2D eigenvalue weighted by atomic mass is 16.5. The van der Waals surface area contributed by atoms with E-state index in [1.54, 1.807) is 39.1 Å². The van der Waals surface area contributed by atoms with Crippen molar-refractivity contribution in [3.05, 3.63) is 30.6 Å². The fraction of sp³-hybridized carbons (Fsp3) is 0.438. The number of aryl methyl sites for hydroxylation is 2. The van der Waals surface area contributed by atoms with E-state index in [2.05, 4.69) is 25.7 Å². The van der Waals surface area contributed by atoms with Crippen LogP contribution in [0.15, 0.2) is 29.3 Å². The first-order valence-electron chi connectivity index (χ1n) is 8.64. The Balaban J connectivity index is 1.52. The zero-order valence-corrected chi connectivity index (χ0v) is 15.1. The molecule has 1 fully saturated rings. The first kappa shape index (κ1) is 17.2. The van der Waals surface area contributed by atoms with Gasteiger partial charge >= 0.3 is 6.03 Å². The Morgan fingerprint density at radius 1 is 1.33 bits per heavy atom. The van der Waals surface area contributed by atoms with Crippen molar-refractivity contribution in [3.8, 4) is 11.5 Å². The molecule has 142 valence electrons. The highest BCUT2D eigenvalue weighted by Gasteiger charge is 2.32. The molecule has 4 heterocycles. The highest BCUT2D eigenvalue weighted by molar-refractivity contribution is 5.89. The van der Waals surface area contributed by atoms with Gasteiger partial charge < -0.3 is 19.5 Å². The van der Waals surface area contributed by atoms with Crippen LogP contribution in [-0.4, -0.2) is 60.4 Å². The number of nitrogens with zero attached hydrogens (tertiary/aromatic N) is 7. The number of rotatable bonds is 4. The Hall–Kier alpha value is -3.21. The molecular weight excluding hydrogens is 352 g/mol. The summed E-state index contributed by atoms with van der Waals surface area (Å²) in [6.07, 6.45) is 6.82. The van der Waals surface area contributed by atoms with Crippen molar-refractivity contribution in [3.63, 3.8) is 0 Å². The second-order valence-electron chi connectivity index (χ2n) is 6.16. The molecule has 0 bridgehead atoms. The average molecular weight is 372 g/mol. The first-order chi connectivity index (χ1) is 13.1. The van der Waals surface area contributed by atoms with Gasteiger partial charge in [0.1, 0.15) is 6.04 Å². The topological polar surface area (TPSA) is 116 Å². The monoisotopic (exact) mass is 372 g/mol. The van der Waals surface area contributed by atoms with E-state index in [4.69, 9.17) is 9.26 Å². The van der Waals surface area contributed by atoms with Crippen LogP contribution in [0.25, 0.3) is 11.5 Å². The maximum Gasteiger partial charge on any atom is 0.322 e. The molecule has 1 unspecified atom stereocenters. The van der Waals surface area contributed by atoms with Gasteiger partial charge in [0.05, 0.1) is 36.9 Å². The van der Waals surface area contributed by atoms with Crippen LogP contribution in [0.3, 0.4) is 0 Å². The van der Waals surface area contributed by atoms with Crippen molar-refractivity contribution >= 4 is 11.7 Å². The van der Waals surface area contributed by atoms with Crippen LogP contribution >= 0.6 is 0 Å². The van der Waals surface area contributed by atoms with E-state index in [0.717, 1.165) is 12.1 Å². The molecule has 0 spiro atoms. The van der Waals surface area contributed by atoms with Crippen molar-refractivity contribution in [1.82, 2.24) is 34.6 Å². The average Bonchev–Trinajstić information content (AvgIpc) is 3.42. The lowest BCUT2D eigenvalue weighted by Gasteiger charge is -2.33. The SMILES string of the molecule is CCn1cc(NC(=O)N2CCOCC2c2noc(-c3cnn(C)c3)n2)cn1. The minimum absolute atomic E-state index is 0.258. The summed E-state index contributed by atoms with van der Waals surface area (Å²) in [7, 11) is 1.81. The third-order valence-corrected chi connectivity index (χ3v) is 4.29. The van der Waals surface area contributed by atoms with Crippen LogP contribution in [0.1, 0.15) is 18.8 Å². The molecule has 1 aliphatic rings. The number of urea groups is 1. The first-order valence-corrected chi connectivity index (χ1v) is 8.64. The maximum absolute atomic E-state index is 12.8. The van der Waals surface area contributed by atoms with Gasteiger partial charge in [-0.15, -0.1) is 0 Å². The number of anilines is 1. The third-order valence-electron chi connectivity index (χ3n) is 4.29. The second kappa shape index (κ2) is 7.19. The summed E-state index contributed by atoms with van der Waals surface area (Å²) in [5.74, 6) is 0.751. The Labute approximate surface area is 154 Å². The molecule has 3 aromatic rings. The molecule has 1 atom stereocenters. The normalized spacial score (nSPS) is 17.3. The van der Waals surface area contributed by atoms with Crippen LogP contribution in [0.4, 0.5) is 10.5 Å². The number of aromatic nitrogens is 6. The summed E-state index contributed by atoms with van der Waals surface area (Å²) >= 11 is 0.